The van der Waals surface area contributed by atoms with Gasteiger partial charge < -0.3 is 26.2 Å². The molecule has 0 bridgehead atoms. The first-order valence-electron chi connectivity index (χ1n) is 5.99. The van der Waals surface area contributed by atoms with Crippen molar-refractivity contribution in [2.45, 2.75) is 0 Å². The summed E-state index contributed by atoms with van der Waals surface area (Å²) in [5.74, 6) is -7.14. The highest BCUT2D eigenvalue weighted by atomic mass is 16.4. The fourth-order valence-electron chi connectivity index (χ4n) is 2.38. The number of carboxylic acids is 4. The summed E-state index contributed by atoms with van der Waals surface area (Å²) in [5.41, 5.74) is 1.75. The summed E-state index contributed by atoms with van der Waals surface area (Å²) in [5, 5.41) is 36.5. The number of nitrogens with two attached hydrogens (primary N) is 1. The maximum absolute atomic E-state index is 11.5. The highest BCUT2D eigenvalue weighted by Crippen LogP contribution is 2.32. The van der Waals surface area contributed by atoms with Gasteiger partial charge >= 0.3 is 23.9 Å². The van der Waals surface area contributed by atoms with Crippen molar-refractivity contribution in [1.29, 1.82) is 0 Å². The van der Waals surface area contributed by atoms with E-state index in [0.717, 1.165) is 12.1 Å². The molecule has 0 spiro atoms. The van der Waals surface area contributed by atoms with Crippen LogP contribution in [0.4, 0.5) is 5.69 Å². The molecule has 23 heavy (non-hydrogen) atoms. The largest absolute Gasteiger partial charge is 0.478 e. The monoisotopic (exact) mass is 319 g/mol. The van der Waals surface area contributed by atoms with Crippen molar-refractivity contribution in [2.75, 3.05) is 5.73 Å². The zero-order valence-corrected chi connectivity index (χ0v) is 11.2. The maximum Gasteiger partial charge on any atom is 0.337 e. The van der Waals surface area contributed by atoms with Gasteiger partial charge in [-0.2, -0.15) is 0 Å². The minimum Gasteiger partial charge on any atom is -0.478 e. The van der Waals surface area contributed by atoms with Gasteiger partial charge in [-0.15, -0.1) is 0 Å². The number of fused-ring (bicyclic) bond motifs is 1. The van der Waals surface area contributed by atoms with E-state index in [1.807, 2.05) is 0 Å². The highest BCUT2D eigenvalue weighted by molar-refractivity contribution is 6.23. The molecule has 0 aliphatic rings. The van der Waals surface area contributed by atoms with Crippen LogP contribution in [0.25, 0.3) is 10.8 Å². The molecule has 0 fully saturated rings. The van der Waals surface area contributed by atoms with Crippen molar-refractivity contribution >= 4 is 40.3 Å². The van der Waals surface area contributed by atoms with Crippen molar-refractivity contribution in [3.05, 3.63) is 40.5 Å². The van der Waals surface area contributed by atoms with Gasteiger partial charge in [0.2, 0.25) is 0 Å². The summed E-state index contributed by atoms with van der Waals surface area (Å²) >= 11 is 0. The molecule has 0 saturated carbocycles. The number of hydrogen-bond donors (Lipinski definition) is 5. The number of hydrogen-bond acceptors (Lipinski definition) is 5. The smallest absolute Gasteiger partial charge is 0.337 e. The van der Waals surface area contributed by atoms with Crippen molar-refractivity contribution in [3.63, 3.8) is 0 Å². The van der Waals surface area contributed by atoms with E-state index in [4.69, 9.17) is 5.73 Å². The second-order valence-electron chi connectivity index (χ2n) is 4.53. The van der Waals surface area contributed by atoms with E-state index in [0.29, 0.717) is 0 Å². The van der Waals surface area contributed by atoms with Crippen LogP contribution in [0.1, 0.15) is 41.4 Å². The van der Waals surface area contributed by atoms with Crippen molar-refractivity contribution < 1.29 is 39.6 Å². The number of carboxylic acid groups (broad SMARTS) is 4. The van der Waals surface area contributed by atoms with Gasteiger partial charge in [0, 0.05) is 11.1 Å². The summed E-state index contributed by atoms with van der Waals surface area (Å²) < 4.78 is 0. The molecule has 0 heterocycles. The summed E-state index contributed by atoms with van der Waals surface area (Å²) in [4.78, 5) is 45.7. The number of aromatic carboxylic acids is 4. The molecule has 118 valence electrons. The molecule has 9 heteroatoms. The normalized spacial score (nSPS) is 10.4. The number of rotatable bonds is 4. The molecule has 0 amide bonds. The molecular formula is C14H9NO8. The molecule has 9 nitrogen and oxygen atoms in total. The van der Waals surface area contributed by atoms with Gasteiger partial charge in [-0.25, -0.2) is 19.2 Å². The Kier molecular flexibility index (Phi) is 3.63. The van der Waals surface area contributed by atoms with Gasteiger partial charge in [-0.3, -0.25) is 0 Å². The Morgan fingerprint density at radius 1 is 0.652 bits per heavy atom. The molecular weight excluding hydrogens is 310 g/mol. The van der Waals surface area contributed by atoms with Crippen LogP contribution in [0, 0.1) is 0 Å². The van der Waals surface area contributed by atoms with Gasteiger partial charge in [0.15, 0.2) is 0 Å². The zero-order chi connectivity index (χ0) is 17.5. The van der Waals surface area contributed by atoms with E-state index in [2.05, 4.69) is 0 Å². The van der Waals surface area contributed by atoms with Gasteiger partial charge in [0.1, 0.15) is 0 Å². The first kappa shape index (κ1) is 15.8. The fourth-order valence-corrected chi connectivity index (χ4v) is 2.38. The lowest BCUT2D eigenvalue weighted by molar-refractivity contribution is 0.0621. The molecule has 0 atom stereocenters. The minimum atomic E-state index is -1.87. The van der Waals surface area contributed by atoms with E-state index in [1.54, 1.807) is 0 Å². The Hall–Kier alpha value is -3.62. The van der Waals surface area contributed by atoms with Crippen LogP contribution in [0.2, 0.25) is 0 Å². The van der Waals surface area contributed by atoms with E-state index in [9.17, 15) is 39.6 Å². The molecule has 0 aliphatic heterocycles. The van der Waals surface area contributed by atoms with Crippen LogP contribution in [0.15, 0.2) is 18.2 Å². The number of anilines is 1. The zero-order valence-electron chi connectivity index (χ0n) is 11.2. The lowest BCUT2D eigenvalue weighted by atomic mass is 9.88. The summed E-state index contributed by atoms with van der Waals surface area (Å²) in [6.45, 7) is 0. The van der Waals surface area contributed by atoms with Crippen molar-refractivity contribution in [2.24, 2.45) is 0 Å². The third kappa shape index (κ3) is 2.39. The standard InChI is InChI=1S/C14H9NO8/c15-4-1-2-5-6(3-4)8(12(18)19)10(14(22)23)9(13(20)21)7(5)11(16)17/h1-3H,15H2,(H,16,17)(H,18,19)(H,20,21)(H,22,23). The molecule has 0 saturated heterocycles. The van der Waals surface area contributed by atoms with E-state index < -0.39 is 46.1 Å². The second kappa shape index (κ2) is 5.30. The fraction of sp³-hybridized carbons (Fsp3) is 0. The minimum absolute atomic E-state index is 0.0655. The second-order valence-corrected chi connectivity index (χ2v) is 4.53. The first-order chi connectivity index (χ1) is 10.7. The van der Waals surface area contributed by atoms with Gasteiger partial charge in [0.05, 0.1) is 22.3 Å². The Morgan fingerprint density at radius 3 is 1.43 bits per heavy atom. The Balaban J connectivity index is 3.27. The first-order valence-corrected chi connectivity index (χ1v) is 5.99. The van der Waals surface area contributed by atoms with Crippen LogP contribution in [0.5, 0.6) is 0 Å². The molecule has 0 aliphatic carbocycles. The van der Waals surface area contributed by atoms with Gasteiger partial charge in [0.25, 0.3) is 0 Å². The average molecular weight is 319 g/mol. The third-order valence-electron chi connectivity index (χ3n) is 3.19. The summed E-state index contributed by atoms with van der Waals surface area (Å²) in [6, 6.07) is 3.48. The van der Waals surface area contributed by atoms with E-state index >= 15 is 0 Å². The molecule has 2 aromatic rings. The maximum atomic E-state index is 11.5. The Labute approximate surface area is 127 Å². The number of nitrogen functional groups attached to an aromatic ring is 1. The molecule has 6 N–H and O–H groups in total. The predicted molar refractivity (Wildman–Crippen MR) is 76.2 cm³/mol. The predicted octanol–water partition coefficient (Wildman–Crippen LogP) is 1.21. The summed E-state index contributed by atoms with van der Waals surface area (Å²) in [6.07, 6.45) is 0. The molecule has 0 unspecified atom stereocenters. The van der Waals surface area contributed by atoms with Crippen LogP contribution in [0.3, 0.4) is 0 Å². The molecule has 2 rings (SSSR count). The Morgan fingerprint density at radius 2 is 1.04 bits per heavy atom. The number of benzene rings is 2. The lowest BCUT2D eigenvalue weighted by Gasteiger charge is -2.14. The van der Waals surface area contributed by atoms with Crippen LogP contribution in [-0.2, 0) is 0 Å². The van der Waals surface area contributed by atoms with Crippen LogP contribution < -0.4 is 5.73 Å². The average Bonchev–Trinajstić information content (AvgIpc) is 2.43. The molecule has 2 aromatic carbocycles. The SMILES string of the molecule is Nc1ccc2c(C(=O)O)c(C(=O)O)c(C(=O)O)c(C(=O)O)c2c1. The highest BCUT2D eigenvalue weighted by Gasteiger charge is 2.33. The van der Waals surface area contributed by atoms with Crippen molar-refractivity contribution in [3.8, 4) is 0 Å². The summed E-state index contributed by atoms with van der Waals surface area (Å²) in [7, 11) is 0. The third-order valence-corrected chi connectivity index (χ3v) is 3.19. The topological polar surface area (TPSA) is 175 Å². The lowest BCUT2D eigenvalue weighted by Crippen LogP contribution is -2.20. The molecule has 0 radical (unpaired) electrons. The molecule has 0 aromatic heterocycles. The van der Waals surface area contributed by atoms with Gasteiger partial charge in [-0.1, -0.05) is 6.07 Å². The van der Waals surface area contributed by atoms with E-state index in [-0.39, 0.29) is 16.5 Å². The number of carbonyl (C=O) groups is 4. The van der Waals surface area contributed by atoms with Crippen LogP contribution >= 0.6 is 0 Å². The quantitative estimate of drug-likeness (QED) is 0.518. The van der Waals surface area contributed by atoms with E-state index in [1.165, 1.54) is 6.07 Å². The van der Waals surface area contributed by atoms with Gasteiger partial charge in [-0.05, 0) is 17.5 Å². The van der Waals surface area contributed by atoms with Crippen LogP contribution in [-0.4, -0.2) is 44.3 Å². The Bertz CT molecular complexity index is 900. The van der Waals surface area contributed by atoms with Crippen molar-refractivity contribution in [1.82, 2.24) is 0 Å².